The Bertz CT molecular complexity index is 270. The van der Waals surface area contributed by atoms with E-state index in [0.717, 1.165) is 31.0 Å². The molecule has 0 fully saturated rings. The van der Waals surface area contributed by atoms with E-state index in [1.807, 2.05) is 13.0 Å². The highest BCUT2D eigenvalue weighted by molar-refractivity contribution is 5.29. The van der Waals surface area contributed by atoms with Crippen molar-refractivity contribution in [2.24, 2.45) is 0 Å². The van der Waals surface area contributed by atoms with Crippen molar-refractivity contribution in [3.05, 3.63) is 23.4 Å². The average Bonchev–Trinajstić information content (AvgIpc) is 2.04. The number of pyridine rings is 1. The number of aromatic nitrogens is 1. The van der Waals surface area contributed by atoms with Gasteiger partial charge >= 0.3 is 0 Å². The van der Waals surface area contributed by atoms with Gasteiger partial charge in [0.05, 0.1) is 6.61 Å². The molecule has 1 aliphatic heterocycles. The molecule has 2 heterocycles. The molecule has 0 aliphatic carbocycles. The van der Waals surface area contributed by atoms with Crippen LogP contribution in [0, 0.1) is 6.92 Å². The Morgan fingerprint density at radius 2 is 2.36 bits per heavy atom. The fourth-order valence-electron chi connectivity index (χ4n) is 1.31. The first-order chi connectivity index (χ1) is 5.36. The van der Waals surface area contributed by atoms with Gasteiger partial charge < -0.3 is 4.74 Å². The van der Waals surface area contributed by atoms with Gasteiger partial charge in [0, 0.05) is 11.3 Å². The smallest absolute Gasteiger partial charge is 0.216 e. The van der Waals surface area contributed by atoms with E-state index in [9.17, 15) is 0 Å². The zero-order chi connectivity index (χ0) is 7.68. The summed E-state index contributed by atoms with van der Waals surface area (Å²) in [6, 6.07) is 4.14. The third-order valence-corrected chi connectivity index (χ3v) is 1.91. The second-order valence-corrected chi connectivity index (χ2v) is 2.87. The van der Waals surface area contributed by atoms with Crippen molar-refractivity contribution < 1.29 is 4.74 Å². The molecular formula is C9H11NO. The average molecular weight is 149 g/mol. The van der Waals surface area contributed by atoms with Gasteiger partial charge in [-0.25, -0.2) is 4.98 Å². The molecule has 1 aliphatic rings. The third-order valence-electron chi connectivity index (χ3n) is 1.91. The van der Waals surface area contributed by atoms with Crippen LogP contribution in [0.2, 0.25) is 0 Å². The van der Waals surface area contributed by atoms with Gasteiger partial charge in [-0.1, -0.05) is 6.07 Å². The Hall–Kier alpha value is -1.05. The van der Waals surface area contributed by atoms with Gasteiger partial charge in [0.2, 0.25) is 5.88 Å². The zero-order valence-corrected chi connectivity index (χ0v) is 6.63. The van der Waals surface area contributed by atoms with Crippen LogP contribution in [0.1, 0.15) is 17.7 Å². The maximum absolute atomic E-state index is 5.39. The van der Waals surface area contributed by atoms with E-state index in [1.54, 1.807) is 0 Å². The minimum Gasteiger partial charge on any atom is -0.477 e. The van der Waals surface area contributed by atoms with Crippen molar-refractivity contribution in [1.29, 1.82) is 0 Å². The molecule has 0 saturated heterocycles. The highest BCUT2D eigenvalue weighted by Crippen LogP contribution is 2.21. The Kier molecular flexibility index (Phi) is 1.53. The van der Waals surface area contributed by atoms with Crippen molar-refractivity contribution in [2.45, 2.75) is 19.8 Å². The summed E-state index contributed by atoms with van der Waals surface area (Å²) in [6.07, 6.45) is 2.24. The minimum atomic E-state index is 0.823. The molecule has 0 unspecified atom stereocenters. The lowest BCUT2D eigenvalue weighted by Gasteiger charge is -2.15. The molecule has 0 bridgehead atoms. The fourth-order valence-corrected chi connectivity index (χ4v) is 1.31. The Morgan fingerprint density at radius 1 is 1.45 bits per heavy atom. The Balaban J connectivity index is 2.43. The summed E-state index contributed by atoms with van der Waals surface area (Å²) in [5.74, 6) is 0.844. The molecule has 1 aromatic heterocycles. The van der Waals surface area contributed by atoms with Gasteiger partial charge in [-0.2, -0.15) is 0 Å². The zero-order valence-electron chi connectivity index (χ0n) is 6.63. The molecular weight excluding hydrogens is 138 g/mol. The van der Waals surface area contributed by atoms with Gasteiger partial charge in [0.1, 0.15) is 0 Å². The van der Waals surface area contributed by atoms with Crippen molar-refractivity contribution in [3.8, 4) is 5.88 Å². The van der Waals surface area contributed by atoms with Crippen molar-refractivity contribution >= 4 is 0 Å². The lowest BCUT2D eigenvalue weighted by molar-refractivity contribution is 0.275. The maximum Gasteiger partial charge on any atom is 0.216 e. The summed E-state index contributed by atoms with van der Waals surface area (Å²) < 4.78 is 5.39. The number of nitrogens with zero attached hydrogens (tertiary/aromatic N) is 1. The van der Waals surface area contributed by atoms with Gasteiger partial charge in [0.25, 0.3) is 0 Å². The first-order valence-corrected chi connectivity index (χ1v) is 3.95. The quantitative estimate of drug-likeness (QED) is 0.560. The van der Waals surface area contributed by atoms with Crippen LogP contribution in [-0.2, 0) is 6.42 Å². The fraction of sp³-hybridized carbons (Fsp3) is 0.444. The van der Waals surface area contributed by atoms with Crippen LogP contribution in [0.4, 0.5) is 0 Å². The molecule has 0 amide bonds. The molecule has 1 aromatic rings. The number of hydrogen-bond donors (Lipinski definition) is 0. The lowest BCUT2D eigenvalue weighted by Crippen LogP contribution is -2.09. The van der Waals surface area contributed by atoms with Crippen LogP contribution in [0.25, 0.3) is 0 Å². The van der Waals surface area contributed by atoms with E-state index in [2.05, 4.69) is 11.1 Å². The second-order valence-electron chi connectivity index (χ2n) is 2.87. The van der Waals surface area contributed by atoms with Crippen LogP contribution in [0.5, 0.6) is 5.88 Å². The van der Waals surface area contributed by atoms with Crippen molar-refractivity contribution in [2.75, 3.05) is 6.61 Å². The summed E-state index contributed by atoms with van der Waals surface area (Å²) in [5.41, 5.74) is 2.28. The van der Waals surface area contributed by atoms with Crippen molar-refractivity contribution in [1.82, 2.24) is 4.98 Å². The number of rotatable bonds is 0. The van der Waals surface area contributed by atoms with E-state index in [4.69, 9.17) is 4.74 Å². The normalized spacial score (nSPS) is 15.4. The van der Waals surface area contributed by atoms with E-state index in [-0.39, 0.29) is 0 Å². The predicted molar refractivity (Wildman–Crippen MR) is 42.8 cm³/mol. The number of hydrogen-bond acceptors (Lipinski definition) is 2. The van der Waals surface area contributed by atoms with E-state index < -0.39 is 0 Å². The molecule has 0 aromatic carbocycles. The molecule has 58 valence electrons. The van der Waals surface area contributed by atoms with Crippen LogP contribution >= 0.6 is 0 Å². The van der Waals surface area contributed by atoms with Crippen molar-refractivity contribution in [3.63, 3.8) is 0 Å². The number of aryl methyl sites for hydroxylation is 2. The molecule has 2 heteroatoms. The minimum absolute atomic E-state index is 0.823. The predicted octanol–water partition coefficient (Wildman–Crippen LogP) is 1.72. The largest absolute Gasteiger partial charge is 0.477 e. The molecule has 0 saturated carbocycles. The van der Waals surface area contributed by atoms with Crippen LogP contribution in [-0.4, -0.2) is 11.6 Å². The third kappa shape index (κ3) is 1.20. The summed E-state index contributed by atoms with van der Waals surface area (Å²) in [4.78, 5) is 4.29. The SMILES string of the molecule is Cc1ccc2c(n1)OCCC2. The highest BCUT2D eigenvalue weighted by Gasteiger charge is 2.10. The number of fused-ring (bicyclic) bond motifs is 1. The highest BCUT2D eigenvalue weighted by atomic mass is 16.5. The van der Waals surface area contributed by atoms with Crippen LogP contribution in [0.15, 0.2) is 12.1 Å². The molecule has 0 radical (unpaired) electrons. The molecule has 2 nitrogen and oxygen atoms in total. The van der Waals surface area contributed by atoms with Crippen LogP contribution < -0.4 is 4.74 Å². The van der Waals surface area contributed by atoms with Gasteiger partial charge in [0.15, 0.2) is 0 Å². The van der Waals surface area contributed by atoms with Crippen LogP contribution in [0.3, 0.4) is 0 Å². The molecule has 2 rings (SSSR count). The van der Waals surface area contributed by atoms with E-state index in [1.165, 1.54) is 5.56 Å². The van der Waals surface area contributed by atoms with Gasteiger partial charge in [-0.05, 0) is 25.8 Å². The summed E-state index contributed by atoms with van der Waals surface area (Å²) in [7, 11) is 0. The van der Waals surface area contributed by atoms with E-state index >= 15 is 0 Å². The summed E-state index contributed by atoms with van der Waals surface area (Å²) >= 11 is 0. The first kappa shape index (κ1) is 6.65. The monoisotopic (exact) mass is 149 g/mol. The maximum atomic E-state index is 5.39. The molecule has 0 N–H and O–H groups in total. The molecule has 0 spiro atoms. The van der Waals surface area contributed by atoms with E-state index in [0.29, 0.717) is 0 Å². The standard InChI is InChI=1S/C9H11NO/c1-7-4-5-8-3-2-6-11-9(8)10-7/h4-5H,2-3,6H2,1H3. The molecule has 0 atom stereocenters. The Morgan fingerprint density at radius 3 is 3.27 bits per heavy atom. The topological polar surface area (TPSA) is 22.1 Å². The van der Waals surface area contributed by atoms with Gasteiger partial charge in [-0.3, -0.25) is 0 Å². The Labute approximate surface area is 66.2 Å². The molecule has 11 heavy (non-hydrogen) atoms. The second kappa shape index (κ2) is 2.53. The summed E-state index contributed by atoms with van der Waals surface area (Å²) in [6.45, 7) is 2.81. The van der Waals surface area contributed by atoms with Gasteiger partial charge in [-0.15, -0.1) is 0 Å². The first-order valence-electron chi connectivity index (χ1n) is 3.95. The number of ether oxygens (including phenoxy) is 1. The lowest BCUT2D eigenvalue weighted by atomic mass is 10.1. The summed E-state index contributed by atoms with van der Waals surface area (Å²) in [5, 5.41) is 0.